The van der Waals surface area contributed by atoms with Crippen molar-refractivity contribution in [3.63, 3.8) is 0 Å². The van der Waals surface area contributed by atoms with Gasteiger partial charge in [0.05, 0.1) is 11.9 Å². The molecule has 4 heteroatoms. The molecule has 84 valence electrons. The Kier molecular flexibility index (Phi) is 3.74. The number of rotatable bonds is 4. The smallest absolute Gasteiger partial charge is 0.232 e. The van der Waals surface area contributed by atoms with E-state index in [1.807, 2.05) is 44.2 Å². The maximum atomic E-state index is 11.6. The van der Waals surface area contributed by atoms with Gasteiger partial charge < -0.3 is 0 Å². The third kappa shape index (κ3) is 3.55. The Hall–Kier alpha value is -1.03. The highest BCUT2D eigenvalue weighted by atomic mass is 32.2. The fourth-order valence-corrected chi connectivity index (χ4v) is 2.43. The minimum Gasteiger partial charge on any atom is -0.270 e. The van der Waals surface area contributed by atoms with Crippen LogP contribution in [0.15, 0.2) is 30.3 Å². The van der Waals surface area contributed by atoms with E-state index in [-0.39, 0.29) is 0 Å². The molecular weight excluding hydrogens is 210 g/mol. The maximum absolute atomic E-state index is 11.6. The number of sulfonamides is 1. The molecule has 1 rings (SSSR count). The van der Waals surface area contributed by atoms with Crippen LogP contribution in [0.3, 0.4) is 0 Å². The van der Waals surface area contributed by atoms with Crippen LogP contribution in [0.5, 0.6) is 0 Å². The molecule has 0 amide bonds. The van der Waals surface area contributed by atoms with E-state index in [0.29, 0.717) is 12.5 Å². The molecule has 0 atom stereocenters. The Balaban J connectivity index is 3.03. The zero-order chi connectivity index (χ0) is 11.5. The van der Waals surface area contributed by atoms with Crippen LogP contribution in [0.25, 0.3) is 0 Å². The van der Waals surface area contributed by atoms with Crippen LogP contribution in [0, 0.1) is 5.92 Å². The first kappa shape index (κ1) is 12.0. The van der Waals surface area contributed by atoms with E-state index in [0.717, 1.165) is 5.69 Å². The Morgan fingerprint density at radius 2 is 1.73 bits per heavy atom. The third-order valence-corrected chi connectivity index (χ3v) is 3.14. The van der Waals surface area contributed by atoms with Gasteiger partial charge in [-0.2, -0.15) is 0 Å². The van der Waals surface area contributed by atoms with Crippen molar-refractivity contribution in [2.24, 2.45) is 5.92 Å². The van der Waals surface area contributed by atoms with Crippen molar-refractivity contribution in [1.82, 2.24) is 0 Å². The number of benzene rings is 1. The van der Waals surface area contributed by atoms with Gasteiger partial charge in [-0.15, -0.1) is 0 Å². The van der Waals surface area contributed by atoms with Gasteiger partial charge in [0, 0.05) is 6.54 Å². The normalized spacial score (nSPS) is 11.7. The fourth-order valence-electron chi connectivity index (χ4n) is 1.36. The van der Waals surface area contributed by atoms with Crippen molar-refractivity contribution in [3.8, 4) is 0 Å². The summed E-state index contributed by atoms with van der Waals surface area (Å²) >= 11 is 0. The van der Waals surface area contributed by atoms with Gasteiger partial charge in [0.15, 0.2) is 0 Å². The van der Waals surface area contributed by atoms with Gasteiger partial charge in [0.2, 0.25) is 10.0 Å². The van der Waals surface area contributed by atoms with Crippen molar-refractivity contribution >= 4 is 15.7 Å². The van der Waals surface area contributed by atoms with Crippen LogP contribution in [0.1, 0.15) is 13.8 Å². The molecular formula is C11H17NO2S. The zero-order valence-corrected chi connectivity index (χ0v) is 10.2. The first-order chi connectivity index (χ1) is 6.91. The van der Waals surface area contributed by atoms with E-state index in [9.17, 15) is 8.42 Å². The van der Waals surface area contributed by atoms with E-state index in [2.05, 4.69) is 0 Å². The molecule has 1 aromatic carbocycles. The van der Waals surface area contributed by atoms with Gasteiger partial charge in [0.1, 0.15) is 0 Å². The first-order valence-electron chi connectivity index (χ1n) is 4.94. The summed E-state index contributed by atoms with van der Waals surface area (Å²) in [7, 11) is -3.18. The van der Waals surface area contributed by atoms with Gasteiger partial charge in [0.25, 0.3) is 0 Å². The molecule has 1 aromatic rings. The molecule has 0 saturated heterocycles. The lowest BCUT2D eigenvalue weighted by atomic mass is 10.2. The summed E-state index contributed by atoms with van der Waals surface area (Å²) in [6.07, 6.45) is 1.24. The third-order valence-electron chi connectivity index (χ3n) is 1.98. The molecule has 0 fully saturated rings. The average Bonchev–Trinajstić information content (AvgIpc) is 2.14. The first-order valence-corrected chi connectivity index (χ1v) is 6.79. The van der Waals surface area contributed by atoms with Crippen molar-refractivity contribution in [1.29, 1.82) is 0 Å². The van der Waals surface area contributed by atoms with Crippen LogP contribution >= 0.6 is 0 Å². The van der Waals surface area contributed by atoms with Crippen molar-refractivity contribution in [2.45, 2.75) is 13.8 Å². The second-order valence-corrected chi connectivity index (χ2v) is 5.93. The van der Waals surface area contributed by atoms with Crippen molar-refractivity contribution < 1.29 is 8.42 Å². The van der Waals surface area contributed by atoms with E-state index < -0.39 is 10.0 Å². The van der Waals surface area contributed by atoms with E-state index in [4.69, 9.17) is 0 Å². The molecule has 0 saturated carbocycles. The summed E-state index contributed by atoms with van der Waals surface area (Å²) in [5.41, 5.74) is 0.730. The standard InChI is InChI=1S/C11H17NO2S/c1-10(2)9-12(15(3,13)14)11-7-5-4-6-8-11/h4-8,10H,9H2,1-3H3. The van der Waals surface area contributed by atoms with Crippen LogP contribution in [-0.2, 0) is 10.0 Å². The number of hydrogen-bond acceptors (Lipinski definition) is 2. The molecule has 0 heterocycles. The SMILES string of the molecule is CC(C)CN(c1ccccc1)S(C)(=O)=O. The lowest BCUT2D eigenvalue weighted by molar-refractivity contribution is 0.583. The molecule has 0 radical (unpaired) electrons. The molecule has 0 aliphatic heterocycles. The van der Waals surface area contributed by atoms with E-state index >= 15 is 0 Å². The van der Waals surface area contributed by atoms with Crippen molar-refractivity contribution in [3.05, 3.63) is 30.3 Å². The topological polar surface area (TPSA) is 37.4 Å². The highest BCUT2D eigenvalue weighted by Gasteiger charge is 2.17. The predicted molar refractivity (Wildman–Crippen MR) is 63.5 cm³/mol. The Morgan fingerprint density at radius 1 is 1.20 bits per heavy atom. The van der Waals surface area contributed by atoms with Crippen LogP contribution in [0.2, 0.25) is 0 Å². The average molecular weight is 227 g/mol. The highest BCUT2D eigenvalue weighted by Crippen LogP contribution is 2.18. The summed E-state index contributed by atoms with van der Waals surface area (Å²) in [6, 6.07) is 9.17. The molecule has 0 bridgehead atoms. The maximum Gasteiger partial charge on any atom is 0.232 e. The molecule has 0 aliphatic rings. The Labute approximate surface area is 91.8 Å². The van der Waals surface area contributed by atoms with Crippen LogP contribution < -0.4 is 4.31 Å². The van der Waals surface area contributed by atoms with Crippen LogP contribution in [0.4, 0.5) is 5.69 Å². The van der Waals surface area contributed by atoms with Gasteiger partial charge >= 0.3 is 0 Å². The minimum absolute atomic E-state index is 0.305. The summed E-state index contributed by atoms with van der Waals surface area (Å²) in [4.78, 5) is 0. The summed E-state index contributed by atoms with van der Waals surface area (Å²) < 4.78 is 24.6. The van der Waals surface area contributed by atoms with E-state index in [1.54, 1.807) is 0 Å². The zero-order valence-electron chi connectivity index (χ0n) is 9.34. The molecule has 0 N–H and O–H groups in total. The molecule has 0 unspecified atom stereocenters. The largest absolute Gasteiger partial charge is 0.270 e. The van der Waals surface area contributed by atoms with Gasteiger partial charge in [-0.1, -0.05) is 32.0 Å². The van der Waals surface area contributed by atoms with Crippen LogP contribution in [-0.4, -0.2) is 21.2 Å². The van der Waals surface area contributed by atoms with Gasteiger partial charge in [-0.05, 0) is 18.1 Å². The molecule has 0 spiro atoms. The number of hydrogen-bond donors (Lipinski definition) is 0. The quantitative estimate of drug-likeness (QED) is 0.790. The lowest BCUT2D eigenvalue weighted by Crippen LogP contribution is -2.33. The van der Waals surface area contributed by atoms with E-state index in [1.165, 1.54) is 10.6 Å². The molecule has 15 heavy (non-hydrogen) atoms. The van der Waals surface area contributed by atoms with Gasteiger partial charge in [-0.3, -0.25) is 4.31 Å². The number of anilines is 1. The van der Waals surface area contributed by atoms with Crippen molar-refractivity contribution in [2.75, 3.05) is 17.1 Å². The molecule has 0 aromatic heterocycles. The highest BCUT2D eigenvalue weighted by molar-refractivity contribution is 7.92. The second-order valence-electron chi connectivity index (χ2n) is 4.02. The monoisotopic (exact) mass is 227 g/mol. The minimum atomic E-state index is -3.18. The Bertz CT molecular complexity index is 398. The fraction of sp³-hybridized carbons (Fsp3) is 0.455. The summed E-state index contributed by atoms with van der Waals surface area (Å²) in [5.74, 6) is 0.305. The lowest BCUT2D eigenvalue weighted by Gasteiger charge is -2.24. The van der Waals surface area contributed by atoms with Gasteiger partial charge in [-0.25, -0.2) is 8.42 Å². The number of nitrogens with zero attached hydrogens (tertiary/aromatic N) is 1. The number of para-hydroxylation sites is 1. The molecule has 0 aliphatic carbocycles. The summed E-state index contributed by atoms with van der Waals surface area (Å²) in [5, 5.41) is 0. The predicted octanol–water partition coefficient (Wildman–Crippen LogP) is 2.11. The second kappa shape index (κ2) is 4.66. The Morgan fingerprint density at radius 3 is 2.13 bits per heavy atom. The molecule has 3 nitrogen and oxygen atoms in total. The summed E-state index contributed by atoms with van der Waals surface area (Å²) in [6.45, 7) is 4.52.